The Hall–Kier alpha value is -1.17. The second kappa shape index (κ2) is 9.97. The third-order valence-electron chi connectivity index (χ3n) is 3.44. The highest BCUT2D eigenvalue weighted by molar-refractivity contribution is 6.42. The molecule has 0 aromatic heterocycles. The number of methoxy groups -OCH3 is 2. The maximum Gasteiger partial charge on any atom is 0.161 e. The van der Waals surface area contributed by atoms with E-state index < -0.39 is 6.10 Å². The van der Waals surface area contributed by atoms with Crippen LogP contribution in [0.4, 0.5) is 0 Å². The van der Waals surface area contributed by atoms with Crippen LogP contribution >= 0.6 is 35.6 Å². The Morgan fingerprint density at radius 2 is 1.71 bits per heavy atom. The van der Waals surface area contributed by atoms with Crippen LogP contribution < -0.4 is 14.8 Å². The van der Waals surface area contributed by atoms with Crippen molar-refractivity contribution in [2.45, 2.75) is 12.6 Å². The molecule has 0 fully saturated rings. The largest absolute Gasteiger partial charge is 0.493 e. The third-order valence-corrected chi connectivity index (χ3v) is 4.18. The number of hydrogen-bond acceptors (Lipinski definition) is 4. The molecule has 0 aliphatic rings. The van der Waals surface area contributed by atoms with Crippen molar-refractivity contribution in [3.05, 3.63) is 57.6 Å². The van der Waals surface area contributed by atoms with Crippen molar-refractivity contribution >= 4 is 35.6 Å². The van der Waals surface area contributed by atoms with Gasteiger partial charge in [0.05, 0.1) is 30.4 Å². The quantitative estimate of drug-likeness (QED) is 0.739. The molecule has 2 aromatic rings. The van der Waals surface area contributed by atoms with Crippen molar-refractivity contribution in [2.24, 2.45) is 0 Å². The predicted octanol–water partition coefficient (Wildman–Crippen LogP) is 4.26. The monoisotopic (exact) mass is 391 g/mol. The van der Waals surface area contributed by atoms with Gasteiger partial charge in [-0.1, -0.05) is 35.3 Å². The molecule has 0 spiro atoms. The molecule has 0 saturated heterocycles. The molecule has 2 rings (SSSR count). The van der Waals surface area contributed by atoms with Gasteiger partial charge in [-0.2, -0.15) is 0 Å². The summed E-state index contributed by atoms with van der Waals surface area (Å²) in [5, 5.41) is 14.3. The maximum atomic E-state index is 10.2. The zero-order valence-corrected chi connectivity index (χ0v) is 15.7. The lowest BCUT2D eigenvalue weighted by molar-refractivity contribution is 0.174. The first kappa shape index (κ1) is 20.9. The van der Waals surface area contributed by atoms with Gasteiger partial charge >= 0.3 is 0 Å². The van der Waals surface area contributed by atoms with Crippen LogP contribution in [0.5, 0.6) is 11.5 Å². The minimum atomic E-state index is -0.662. The molecule has 0 aliphatic heterocycles. The zero-order valence-electron chi connectivity index (χ0n) is 13.4. The molecule has 1 atom stereocenters. The standard InChI is InChI=1S/C17H19Cl2NO3.ClH/c1-22-16-6-3-11(7-17(16)23-2)9-20-10-15(21)12-4-5-13(18)14(19)8-12;/h3-8,15,20-21H,9-10H2,1-2H3;1H. The zero-order chi connectivity index (χ0) is 16.8. The smallest absolute Gasteiger partial charge is 0.161 e. The first-order valence-corrected chi connectivity index (χ1v) is 7.85. The Bertz CT molecular complexity index is 668. The molecule has 1 unspecified atom stereocenters. The number of rotatable bonds is 7. The summed E-state index contributed by atoms with van der Waals surface area (Å²) in [4.78, 5) is 0. The van der Waals surface area contributed by atoms with Crippen LogP contribution in [-0.4, -0.2) is 25.9 Å². The molecule has 0 aliphatic carbocycles. The van der Waals surface area contributed by atoms with Crippen LogP contribution in [0.1, 0.15) is 17.2 Å². The van der Waals surface area contributed by atoms with E-state index in [1.807, 2.05) is 18.2 Å². The SMILES string of the molecule is COc1ccc(CNCC(O)c2ccc(Cl)c(Cl)c2)cc1OC.Cl. The second-order valence-corrected chi connectivity index (χ2v) is 5.82. The number of benzene rings is 2. The van der Waals surface area contributed by atoms with Crippen molar-refractivity contribution in [3.63, 3.8) is 0 Å². The second-order valence-electron chi connectivity index (χ2n) is 5.01. The summed E-state index contributed by atoms with van der Waals surface area (Å²) in [6, 6.07) is 10.8. The van der Waals surface area contributed by atoms with Gasteiger partial charge in [-0.15, -0.1) is 12.4 Å². The summed E-state index contributed by atoms with van der Waals surface area (Å²) < 4.78 is 10.5. The van der Waals surface area contributed by atoms with Gasteiger partial charge in [0.15, 0.2) is 11.5 Å². The van der Waals surface area contributed by atoms with Crippen molar-refractivity contribution in [2.75, 3.05) is 20.8 Å². The normalized spacial score (nSPS) is 11.5. The van der Waals surface area contributed by atoms with Gasteiger partial charge in [0.2, 0.25) is 0 Å². The molecule has 7 heteroatoms. The molecule has 0 saturated carbocycles. The fourth-order valence-corrected chi connectivity index (χ4v) is 2.49. The van der Waals surface area contributed by atoms with Crippen LogP contribution in [0, 0.1) is 0 Å². The van der Waals surface area contributed by atoms with E-state index in [1.54, 1.807) is 32.4 Å². The van der Waals surface area contributed by atoms with Crippen LogP contribution in [0.2, 0.25) is 10.0 Å². The highest BCUT2D eigenvalue weighted by Gasteiger charge is 2.10. The van der Waals surface area contributed by atoms with Crippen molar-refractivity contribution in [3.8, 4) is 11.5 Å². The number of aliphatic hydroxyl groups is 1. The van der Waals surface area contributed by atoms with Gasteiger partial charge in [0, 0.05) is 13.1 Å². The van der Waals surface area contributed by atoms with E-state index in [4.69, 9.17) is 32.7 Å². The van der Waals surface area contributed by atoms with Gasteiger partial charge in [0.25, 0.3) is 0 Å². The summed E-state index contributed by atoms with van der Waals surface area (Å²) in [6.07, 6.45) is -0.662. The van der Waals surface area contributed by atoms with Gasteiger partial charge in [-0.05, 0) is 35.4 Å². The van der Waals surface area contributed by atoms with E-state index in [2.05, 4.69) is 5.32 Å². The van der Waals surface area contributed by atoms with Crippen LogP contribution in [0.15, 0.2) is 36.4 Å². The highest BCUT2D eigenvalue weighted by atomic mass is 35.5. The maximum absolute atomic E-state index is 10.2. The van der Waals surface area contributed by atoms with E-state index in [1.165, 1.54) is 0 Å². The van der Waals surface area contributed by atoms with Gasteiger partial charge in [-0.3, -0.25) is 0 Å². The lowest BCUT2D eigenvalue weighted by Gasteiger charge is -2.14. The molecule has 24 heavy (non-hydrogen) atoms. The summed E-state index contributed by atoms with van der Waals surface area (Å²) in [5.74, 6) is 1.36. The molecule has 4 nitrogen and oxygen atoms in total. The molecule has 2 N–H and O–H groups in total. The topological polar surface area (TPSA) is 50.7 Å². The average molecular weight is 393 g/mol. The van der Waals surface area contributed by atoms with Crippen molar-refractivity contribution < 1.29 is 14.6 Å². The van der Waals surface area contributed by atoms with E-state index in [0.717, 1.165) is 11.1 Å². The minimum Gasteiger partial charge on any atom is -0.493 e. The molecule has 0 bridgehead atoms. The van der Waals surface area contributed by atoms with Crippen molar-refractivity contribution in [1.82, 2.24) is 5.32 Å². The molecule has 2 aromatic carbocycles. The summed E-state index contributed by atoms with van der Waals surface area (Å²) >= 11 is 11.8. The van der Waals surface area contributed by atoms with Crippen LogP contribution in [0.25, 0.3) is 0 Å². The first-order valence-electron chi connectivity index (χ1n) is 7.09. The number of hydrogen-bond donors (Lipinski definition) is 2. The molecule has 0 amide bonds. The van der Waals surface area contributed by atoms with E-state index in [-0.39, 0.29) is 12.4 Å². The average Bonchev–Trinajstić information content (AvgIpc) is 2.57. The lowest BCUT2D eigenvalue weighted by atomic mass is 10.1. The van der Waals surface area contributed by atoms with Gasteiger partial charge < -0.3 is 19.9 Å². The number of halogens is 3. The van der Waals surface area contributed by atoms with Gasteiger partial charge in [-0.25, -0.2) is 0 Å². The number of aliphatic hydroxyl groups excluding tert-OH is 1. The third kappa shape index (κ3) is 5.43. The van der Waals surface area contributed by atoms with E-state index >= 15 is 0 Å². The Kier molecular flexibility index (Phi) is 8.67. The molecule has 132 valence electrons. The Labute approximate surface area is 158 Å². The van der Waals surface area contributed by atoms with Gasteiger partial charge in [0.1, 0.15) is 0 Å². The first-order chi connectivity index (χ1) is 11.0. The summed E-state index contributed by atoms with van der Waals surface area (Å²) in [6.45, 7) is 0.991. The Balaban J connectivity index is 0.00000288. The molecule has 0 radical (unpaired) electrons. The fourth-order valence-electron chi connectivity index (χ4n) is 2.18. The van der Waals surface area contributed by atoms with Crippen LogP contribution in [-0.2, 0) is 6.54 Å². The molecular weight excluding hydrogens is 373 g/mol. The van der Waals surface area contributed by atoms with E-state index in [0.29, 0.717) is 34.6 Å². The Morgan fingerprint density at radius 3 is 2.33 bits per heavy atom. The number of nitrogens with one attached hydrogen (secondary N) is 1. The molecule has 0 heterocycles. The summed E-state index contributed by atoms with van der Waals surface area (Å²) in [7, 11) is 3.20. The summed E-state index contributed by atoms with van der Waals surface area (Å²) in [5.41, 5.74) is 1.75. The lowest BCUT2D eigenvalue weighted by Crippen LogP contribution is -2.21. The highest BCUT2D eigenvalue weighted by Crippen LogP contribution is 2.28. The Morgan fingerprint density at radius 1 is 1.00 bits per heavy atom. The fraction of sp³-hybridized carbons (Fsp3) is 0.294. The minimum absolute atomic E-state index is 0. The molecular formula is C17H20Cl3NO3. The van der Waals surface area contributed by atoms with Crippen molar-refractivity contribution in [1.29, 1.82) is 0 Å². The van der Waals surface area contributed by atoms with E-state index in [9.17, 15) is 5.11 Å². The predicted molar refractivity (Wildman–Crippen MR) is 99.9 cm³/mol. The number of ether oxygens (including phenoxy) is 2. The van der Waals surface area contributed by atoms with Crippen LogP contribution in [0.3, 0.4) is 0 Å².